The maximum atomic E-state index is 12.2. The minimum absolute atomic E-state index is 0.0298. The molecule has 0 radical (unpaired) electrons. The van der Waals surface area contributed by atoms with E-state index in [1.165, 1.54) is 0 Å². The molecule has 0 bridgehead atoms. The quantitative estimate of drug-likeness (QED) is 0.844. The van der Waals surface area contributed by atoms with E-state index < -0.39 is 0 Å². The van der Waals surface area contributed by atoms with E-state index in [9.17, 15) is 4.79 Å². The molecule has 100 valence electrons. The van der Waals surface area contributed by atoms with Crippen molar-refractivity contribution >= 4 is 5.52 Å². The van der Waals surface area contributed by atoms with E-state index in [-0.39, 0.29) is 11.0 Å². The highest BCUT2D eigenvalue weighted by molar-refractivity contribution is 5.44. The second-order valence-electron chi connectivity index (χ2n) is 5.51. The Kier molecular flexibility index (Phi) is 3.43. The van der Waals surface area contributed by atoms with Crippen molar-refractivity contribution < 1.29 is 0 Å². The van der Waals surface area contributed by atoms with Gasteiger partial charge in [-0.25, -0.2) is 4.52 Å². The van der Waals surface area contributed by atoms with Crippen LogP contribution in [-0.2, 0) is 6.54 Å². The third-order valence-electron chi connectivity index (χ3n) is 3.23. The number of nitrogens with zero attached hydrogens (tertiary/aromatic N) is 4. The Bertz CT molecular complexity index is 688. The molecular formula is C14H18N4O. The molecule has 0 saturated carbocycles. The average molecular weight is 258 g/mol. The summed E-state index contributed by atoms with van der Waals surface area (Å²) in [6.07, 6.45) is 5.13. The predicted octanol–water partition coefficient (Wildman–Crippen LogP) is 2.13. The first-order chi connectivity index (χ1) is 8.93. The van der Waals surface area contributed by atoms with Crippen molar-refractivity contribution in [1.29, 1.82) is 5.26 Å². The van der Waals surface area contributed by atoms with Crippen LogP contribution in [0.25, 0.3) is 5.52 Å². The minimum Gasteiger partial charge on any atom is -0.312 e. The number of hydrogen-bond acceptors (Lipinski definition) is 3. The SMILES string of the molecule is Cc1cc2c(=O)n(CCCC(C)(C)C#N)ccn2n1. The molecule has 0 aliphatic carbocycles. The first-order valence-electron chi connectivity index (χ1n) is 6.40. The zero-order valence-corrected chi connectivity index (χ0v) is 11.6. The monoisotopic (exact) mass is 258 g/mol. The Balaban J connectivity index is 2.16. The summed E-state index contributed by atoms with van der Waals surface area (Å²) in [7, 11) is 0. The van der Waals surface area contributed by atoms with Crippen molar-refractivity contribution in [2.75, 3.05) is 0 Å². The van der Waals surface area contributed by atoms with E-state index in [0.717, 1.165) is 18.5 Å². The third-order valence-corrected chi connectivity index (χ3v) is 3.23. The summed E-state index contributed by atoms with van der Waals surface area (Å²) in [5.41, 5.74) is 1.07. The number of rotatable bonds is 4. The fraction of sp³-hybridized carbons (Fsp3) is 0.500. The number of fused-ring (bicyclic) bond motifs is 1. The minimum atomic E-state index is -0.332. The maximum absolute atomic E-state index is 12.2. The summed E-state index contributed by atoms with van der Waals surface area (Å²) >= 11 is 0. The molecule has 0 aromatic carbocycles. The fourth-order valence-corrected chi connectivity index (χ4v) is 2.07. The van der Waals surface area contributed by atoms with Crippen LogP contribution in [0, 0.1) is 23.7 Å². The van der Waals surface area contributed by atoms with Crippen LogP contribution in [0.2, 0.25) is 0 Å². The average Bonchev–Trinajstić information content (AvgIpc) is 2.74. The number of nitriles is 1. The van der Waals surface area contributed by atoms with Crippen LogP contribution in [0.3, 0.4) is 0 Å². The molecule has 2 aromatic rings. The number of aryl methyl sites for hydroxylation is 2. The van der Waals surface area contributed by atoms with E-state index >= 15 is 0 Å². The first-order valence-corrected chi connectivity index (χ1v) is 6.40. The molecule has 0 amide bonds. The third kappa shape index (κ3) is 2.84. The van der Waals surface area contributed by atoms with Crippen LogP contribution < -0.4 is 5.56 Å². The molecule has 5 nitrogen and oxygen atoms in total. The fourth-order valence-electron chi connectivity index (χ4n) is 2.07. The summed E-state index contributed by atoms with van der Waals surface area (Å²) in [5, 5.41) is 13.2. The van der Waals surface area contributed by atoms with Gasteiger partial charge in [-0.2, -0.15) is 10.4 Å². The number of aromatic nitrogens is 3. The van der Waals surface area contributed by atoms with Crippen molar-refractivity contribution in [3.8, 4) is 6.07 Å². The summed E-state index contributed by atoms with van der Waals surface area (Å²) in [5.74, 6) is 0. The molecule has 0 N–H and O–H groups in total. The molecule has 0 saturated heterocycles. The Morgan fingerprint density at radius 3 is 2.84 bits per heavy atom. The highest BCUT2D eigenvalue weighted by Gasteiger charge is 2.16. The van der Waals surface area contributed by atoms with Crippen LogP contribution in [0.15, 0.2) is 23.3 Å². The van der Waals surface area contributed by atoms with E-state index in [0.29, 0.717) is 12.1 Å². The maximum Gasteiger partial charge on any atom is 0.276 e. The Hall–Kier alpha value is -2.09. The normalized spacial score (nSPS) is 11.7. The van der Waals surface area contributed by atoms with Crippen molar-refractivity contribution in [3.63, 3.8) is 0 Å². The van der Waals surface area contributed by atoms with Gasteiger partial charge >= 0.3 is 0 Å². The largest absolute Gasteiger partial charge is 0.312 e. The summed E-state index contributed by atoms with van der Waals surface area (Å²) < 4.78 is 3.29. The molecule has 2 rings (SSSR count). The van der Waals surface area contributed by atoms with Gasteiger partial charge in [0.25, 0.3) is 5.56 Å². The van der Waals surface area contributed by atoms with Crippen LogP contribution in [0.1, 0.15) is 32.4 Å². The number of hydrogen-bond donors (Lipinski definition) is 0. The second-order valence-corrected chi connectivity index (χ2v) is 5.51. The van der Waals surface area contributed by atoms with Crippen LogP contribution in [-0.4, -0.2) is 14.2 Å². The van der Waals surface area contributed by atoms with Gasteiger partial charge in [-0.1, -0.05) is 0 Å². The van der Waals surface area contributed by atoms with Crippen molar-refractivity contribution in [2.24, 2.45) is 5.41 Å². The molecule has 0 spiro atoms. The Morgan fingerprint density at radius 1 is 1.42 bits per heavy atom. The molecule has 0 fully saturated rings. The van der Waals surface area contributed by atoms with Gasteiger partial charge in [0, 0.05) is 18.9 Å². The topological polar surface area (TPSA) is 63.1 Å². The lowest BCUT2D eigenvalue weighted by Crippen LogP contribution is -2.22. The Labute approximate surface area is 112 Å². The van der Waals surface area contributed by atoms with Gasteiger partial charge in [0.2, 0.25) is 0 Å². The highest BCUT2D eigenvalue weighted by atomic mass is 16.1. The van der Waals surface area contributed by atoms with Gasteiger partial charge in [0.1, 0.15) is 5.52 Å². The van der Waals surface area contributed by atoms with Gasteiger partial charge in [-0.05, 0) is 39.7 Å². The van der Waals surface area contributed by atoms with Gasteiger partial charge < -0.3 is 4.57 Å². The summed E-state index contributed by atoms with van der Waals surface area (Å²) in [6, 6.07) is 4.06. The van der Waals surface area contributed by atoms with Crippen LogP contribution >= 0.6 is 0 Å². The zero-order chi connectivity index (χ0) is 14.0. The van der Waals surface area contributed by atoms with Gasteiger partial charge in [0.15, 0.2) is 0 Å². The lowest BCUT2D eigenvalue weighted by Gasteiger charge is -2.14. The van der Waals surface area contributed by atoms with Gasteiger partial charge in [-0.3, -0.25) is 4.79 Å². The lowest BCUT2D eigenvalue weighted by molar-refractivity contribution is 0.413. The van der Waals surface area contributed by atoms with E-state index in [1.54, 1.807) is 27.5 Å². The molecule has 0 atom stereocenters. The molecule has 19 heavy (non-hydrogen) atoms. The summed E-state index contributed by atoms with van der Waals surface area (Å²) in [4.78, 5) is 12.2. The molecule has 2 heterocycles. The van der Waals surface area contributed by atoms with Crippen LogP contribution in [0.4, 0.5) is 0 Å². The van der Waals surface area contributed by atoms with Crippen molar-refractivity contribution in [1.82, 2.24) is 14.2 Å². The van der Waals surface area contributed by atoms with E-state index in [4.69, 9.17) is 5.26 Å². The standard InChI is InChI=1S/C14H18N4O/c1-11-9-12-13(19)17(7-8-18(12)16-11)6-4-5-14(2,3)10-15/h7-9H,4-6H2,1-3H3. The van der Waals surface area contributed by atoms with Crippen molar-refractivity contribution in [3.05, 3.63) is 34.5 Å². The van der Waals surface area contributed by atoms with Gasteiger partial charge in [0.05, 0.1) is 17.2 Å². The first kappa shape index (κ1) is 13.3. The molecule has 5 heteroatoms. The second kappa shape index (κ2) is 4.88. The van der Waals surface area contributed by atoms with Crippen molar-refractivity contribution in [2.45, 2.75) is 40.2 Å². The lowest BCUT2D eigenvalue weighted by atomic mass is 9.90. The molecule has 0 unspecified atom stereocenters. The molecule has 0 aliphatic heterocycles. The van der Waals surface area contributed by atoms with E-state index in [2.05, 4.69) is 11.2 Å². The molecular weight excluding hydrogens is 240 g/mol. The molecule has 0 aliphatic rings. The Morgan fingerprint density at radius 2 is 2.16 bits per heavy atom. The smallest absolute Gasteiger partial charge is 0.276 e. The predicted molar refractivity (Wildman–Crippen MR) is 72.8 cm³/mol. The highest BCUT2D eigenvalue weighted by Crippen LogP contribution is 2.20. The molecule has 2 aromatic heterocycles. The summed E-state index contributed by atoms with van der Waals surface area (Å²) in [6.45, 7) is 6.33. The van der Waals surface area contributed by atoms with Gasteiger partial charge in [-0.15, -0.1) is 0 Å². The van der Waals surface area contributed by atoms with E-state index in [1.807, 2.05) is 20.8 Å². The zero-order valence-electron chi connectivity index (χ0n) is 11.6. The van der Waals surface area contributed by atoms with Crippen LogP contribution in [0.5, 0.6) is 0 Å².